The van der Waals surface area contributed by atoms with Crippen LogP contribution in [0.1, 0.15) is 50.9 Å². The van der Waals surface area contributed by atoms with Crippen LogP contribution in [0.5, 0.6) is 0 Å². The molecule has 0 spiro atoms. The van der Waals surface area contributed by atoms with Crippen molar-refractivity contribution in [3.63, 3.8) is 0 Å². The van der Waals surface area contributed by atoms with Crippen molar-refractivity contribution in [1.29, 1.82) is 5.26 Å². The van der Waals surface area contributed by atoms with Crippen LogP contribution in [0.3, 0.4) is 0 Å². The summed E-state index contributed by atoms with van der Waals surface area (Å²) in [6.45, 7) is 0. The number of rotatable bonds is 6. The van der Waals surface area contributed by atoms with Crippen LogP contribution in [0.4, 0.5) is 0 Å². The summed E-state index contributed by atoms with van der Waals surface area (Å²) in [6, 6.07) is 43.6. The second kappa shape index (κ2) is 12.3. The lowest BCUT2D eigenvalue weighted by molar-refractivity contribution is -0.0738. The number of hydrogen-bond donors (Lipinski definition) is 1. The van der Waals surface area contributed by atoms with Gasteiger partial charge in [0.15, 0.2) is 5.78 Å². The predicted molar refractivity (Wildman–Crippen MR) is 179 cm³/mol. The molecule has 6 rings (SSSR count). The zero-order chi connectivity index (χ0) is 30.9. The van der Waals surface area contributed by atoms with Crippen molar-refractivity contribution in [3.05, 3.63) is 176 Å². The summed E-state index contributed by atoms with van der Waals surface area (Å²) in [7, 11) is 0. The summed E-state index contributed by atoms with van der Waals surface area (Å²) in [5, 5.41) is 25.8. The third-order valence-corrected chi connectivity index (χ3v) is 10.1. The number of carbonyl (C=O) groups excluding carboxylic acids is 1. The van der Waals surface area contributed by atoms with Gasteiger partial charge in [-0.3, -0.25) is 4.79 Å². The maximum Gasteiger partial charge on any atom is 0.169 e. The zero-order valence-electron chi connectivity index (χ0n) is 23.6. The molecule has 6 heteroatoms. The molecule has 1 saturated carbocycles. The molecule has 0 aromatic heterocycles. The molecule has 5 atom stereocenters. The van der Waals surface area contributed by atoms with Crippen molar-refractivity contribution in [2.45, 2.75) is 29.3 Å². The van der Waals surface area contributed by atoms with Gasteiger partial charge >= 0.3 is 0 Å². The van der Waals surface area contributed by atoms with Gasteiger partial charge in [0.2, 0.25) is 0 Å². The van der Waals surface area contributed by atoms with Crippen molar-refractivity contribution in [2.75, 3.05) is 0 Å². The number of nitrogens with zero attached hydrogens (tertiary/aromatic N) is 1. The molecular weight excluding hydrogens is 653 g/mol. The highest BCUT2D eigenvalue weighted by atomic mass is 79.9. The summed E-state index contributed by atoms with van der Waals surface area (Å²) in [5.74, 6) is -2.57. The maximum atomic E-state index is 14.9. The number of Topliss-reactive ketones (excluding diaryl/α,β-unsaturated/α-hetero) is 1. The van der Waals surface area contributed by atoms with E-state index in [2.05, 4.69) is 22.0 Å². The van der Waals surface area contributed by atoms with Gasteiger partial charge in [-0.25, -0.2) is 0 Å². The Morgan fingerprint density at radius 2 is 1.25 bits per heavy atom. The van der Waals surface area contributed by atoms with Crippen molar-refractivity contribution >= 4 is 44.9 Å². The second-order valence-electron chi connectivity index (χ2n) is 11.3. The molecule has 0 amide bonds. The molecule has 3 nitrogen and oxygen atoms in total. The standard InChI is InChI=1S/C38H28BrCl2NO2/c39-30-17-15-28(16-18-30)37(24-42)33(25-11-19-31(40)20-12-25)23-38(44,29-9-5-2-6-10-29)35(36(43)27-7-3-1-4-8-27)34(37)26-13-21-32(41)22-14-26/h1-22,33-35,44H,23H2/t33-,34-,35+,37-,38-/m1/s1. The third kappa shape index (κ3) is 5.29. The van der Waals surface area contributed by atoms with Gasteiger partial charge in [0, 0.05) is 31.9 Å². The van der Waals surface area contributed by atoms with E-state index in [9.17, 15) is 15.2 Å². The Labute approximate surface area is 275 Å². The Hall–Kier alpha value is -3.72. The highest BCUT2D eigenvalue weighted by molar-refractivity contribution is 9.10. The van der Waals surface area contributed by atoms with Gasteiger partial charge in [0.05, 0.1) is 17.4 Å². The molecule has 0 unspecified atom stereocenters. The molecule has 5 aromatic rings. The lowest BCUT2D eigenvalue weighted by Crippen LogP contribution is -2.58. The Bertz CT molecular complexity index is 1810. The van der Waals surface area contributed by atoms with Crippen LogP contribution >= 0.6 is 39.1 Å². The van der Waals surface area contributed by atoms with E-state index in [0.717, 1.165) is 21.2 Å². The SMILES string of the molecule is N#C[C@@]1(c2ccc(Br)cc2)[C@@H](c2ccc(Cl)cc2)C[C@@](O)(c2ccccc2)[C@H](C(=O)c2ccccc2)[C@H]1c1ccc(Cl)cc1. The molecule has 0 heterocycles. The van der Waals surface area contributed by atoms with Crippen LogP contribution in [0, 0.1) is 17.2 Å². The third-order valence-electron chi connectivity index (χ3n) is 9.03. The van der Waals surface area contributed by atoms with E-state index >= 15 is 0 Å². The van der Waals surface area contributed by atoms with Crippen molar-refractivity contribution in [1.82, 2.24) is 0 Å². The van der Waals surface area contributed by atoms with Crippen molar-refractivity contribution in [3.8, 4) is 6.07 Å². The summed E-state index contributed by atoms with van der Waals surface area (Å²) < 4.78 is 0.869. The number of carbonyl (C=O) groups is 1. The highest BCUT2D eigenvalue weighted by Gasteiger charge is 2.64. The van der Waals surface area contributed by atoms with E-state index in [1.807, 2.05) is 97.1 Å². The van der Waals surface area contributed by atoms with Gasteiger partial charge < -0.3 is 5.11 Å². The average Bonchev–Trinajstić information content (AvgIpc) is 3.06. The minimum absolute atomic E-state index is 0.121. The van der Waals surface area contributed by atoms with Gasteiger partial charge in [-0.1, -0.05) is 136 Å². The quantitative estimate of drug-likeness (QED) is 0.182. The number of hydrogen-bond acceptors (Lipinski definition) is 3. The van der Waals surface area contributed by atoms with E-state index in [4.69, 9.17) is 23.2 Å². The highest BCUT2D eigenvalue weighted by Crippen LogP contribution is 2.64. The summed E-state index contributed by atoms with van der Waals surface area (Å²) in [4.78, 5) is 14.9. The number of benzene rings is 5. The van der Waals surface area contributed by atoms with Crippen LogP contribution < -0.4 is 0 Å². The molecule has 44 heavy (non-hydrogen) atoms. The fourth-order valence-corrected chi connectivity index (χ4v) is 7.56. The van der Waals surface area contributed by atoms with Gasteiger partial charge in [0.1, 0.15) is 5.60 Å². The first-order valence-corrected chi connectivity index (χ1v) is 15.9. The molecular formula is C38H28BrCl2NO2. The number of nitriles is 1. The van der Waals surface area contributed by atoms with E-state index in [1.165, 1.54) is 0 Å². The summed E-state index contributed by atoms with van der Waals surface area (Å²) in [6.07, 6.45) is 0.121. The topological polar surface area (TPSA) is 61.1 Å². The Balaban J connectivity index is 1.74. The Morgan fingerprint density at radius 3 is 1.80 bits per heavy atom. The first kappa shape index (κ1) is 30.3. The van der Waals surface area contributed by atoms with Crippen LogP contribution in [0.2, 0.25) is 10.0 Å². The van der Waals surface area contributed by atoms with Crippen LogP contribution in [0.15, 0.2) is 138 Å². The van der Waals surface area contributed by atoms with Gasteiger partial charge in [-0.05, 0) is 65.1 Å². The van der Waals surface area contributed by atoms with Crippen LogP contribution in [0.25, 0.3) is 0 Å². The van der Waals surface area contributed by atoms with E-state index in [-0.39, 0.29) is 12.2 Å². The fraction of sp³-hybridized carbons (Fsp3) is 0.158. The van der Waals surface area contributed by atoms with Crippen molar-refractivity contribution < 1.29 is 9.90 Å². The maximum absolute atomic E-state index is 14.9. The van der Waals surface area contributed by atoms with E-state index < -0.39 is 28.8 Å². The molecule has 1 fully saturated rings. The molecule has 218 valence electrons. The smallest absolute Gasteiger partial charge is 0.169 e. The lowest BCUT2D eigenvalue weighted by Gasteiger charge is -2.56. The largest absolute Gasteiger partial charge is 0.384 e. The molecule has 0 saturated heterocycles. The molecule has 1 aliphatic rings. The Kier molecular flexibility index (Phi) is 8.51. The van der Waals surface area contributed by atoms with E-state index in [1.54, 1.807) is 36.4 Å². The Morgan fingerprint density at radius 1 is 0.727 bits per heavy atom. The predicted octanol–water partition coefficient (Wildman–Crippen LogP) is 9.88. The van der Waals surface area contributed by atoms with Gasteiger partial charge in [-0.15, -0.1) is 0 Å². The monoisotopic (exact) mass is 679 g/mol. The average molecular weight is 681 g/mol. The molecule has 1 N–H and O–H groups in total. The van der Waals surface area contributed by atoms with E-state index in [0.29, 0.717) is 21.2 Å². The van der Waals surface area contributed by atoms with Gasteiger partial charge in [0.25, 0.3) is 0 Å². The molecule has 5 aromatic carbocycles. The molecule has 0 bridgehead atoms. The van der Waals surface area contributed by atoms with Crippen LogP contribution in [-0.2, 0) is 11.0 Å². The first-order valence-electron chi connectivity index (χ1n) is 14.3. The molecule has 0 aliphatic heterocycles. The zero-order valence-corrected chi connectivity index (χ0v) is 26.7. The number of ketones is 1. The minimum Gasteiger partial charge on any atom is -0.384 e. The minimum atomic E-state index is -1.64. The summed E-state index contributed by atoms with van der Waals surface area (Å²) in [5.41, 5.74) is 0.507. The number of halogens is 3. The normalized spacial score (nSPS) is 24.8. The summed E-state index contributed by atoms with van der Waals surface area (Å²) >= 11 is 16.3. The number of aliphatic hydroxyl groups is 1. The fourth-order valence-electron chi connectivity index (χ4n) is 7.05. The van der Waals surface area contributed by atoms with Crippen LogP contribution in [-0.4, -0.2) is 10.9 Å². The molecule has 0 radical (unpaired) electrons. The lowest BCUT2D eigenvalue weighted by atomic mass is 9.46. The second-order valence-corrected chi connectivity index (χ2v) is 13.1. The van der Waals surface area contributed by atoms with Crippen molar-refractivity contribution in [2.24, 2.45) is 5.92 Å². The molecule has 1 aliphatic carbocycles. The van der Waals surface area contributed by atoms with Gasteiger partial charge in [-0.2, -0.15) is 5.26 Å². The first-order chi connectivity index (χ1) is 21.3.